The van der Waals surface area contributed by atoms with Crippen molar-refractivity contribution in [1.29, 1.82) is 0 Å². The Morgan fingerprint density at radius 2 is 1.91 bits per heavy atom. The number of carbonyl (C=O) groups excluding carboxylic acids is 1. The highest BCUT2D eigenvalue weighted by Crippen LogP contribution is 2.31. The van der Waals surface area contributed by atoms with Crippen LogP contribution in [0.4, 0.5) is 8.78 Å². The first kappa shape index (κ1) is 22.8. The van der Waals surface area contributed by atoms with E-state index in [1.807, 2.05) is 16.8 Å². The molecular formula is C24H23F2NO3S2. The fourth-order valence-corrected chi connectivity index (χ4v) is 5.54. The molecule has 4 rings (SSSR count). The molecule has 0 radical (unpaired) electrons. The maximum absolute atomic E-state index is 13.6. The molecule has 0 atom stereocenters. The summed E-state index contributed by atoms with van der Waals surface area (Å²) in [7, 11) is -3.66. The van der Waals surface area contributed by atoms with Crippen molar-refractivity contribution in [3.8, 4) is 11.1 Å². The number of halogens is 2. The molecule has 2 aromatic carbocycles. The number of rotatable bonds is 9. The van der Waals surface area contributed by atoms with E-state index in [2.05, 4.69) is 4.72 Å². The number of hydrogen-bond donors (Lipinski definition) is 1. The number of thiophene rings is 1. The smallest absolute Gasteiger partial charge is 0.270 e. The van der Waals surface area contributed by atoms with E-state index in [1.54, 1.807) is 24.3 Å². The summed E-state index contributed by atoms with van der Waals surface area (Å²) >= 11 is 1.51. The van der Waals surface area contributed by atoms with Crippen molar-refractivity contribution in [1.82, 2.24) is 4.72 Å². The van der Waals surface area contributed by atoms with E-state index in [4.69, 9.17) is 0 Å². The van der Waals surface area contributed by atoms with Crippen LogP contribution >= 0.6 is 11.3 Å². The summed E-state index contributed by atoms with van der Waals surface area (Å²) in [5.74, 6) is -3.16. The number of hydrogen-bond acceptors (Lipinski definition) is 4. The molecule has 1 N–H and O–H groups in total. The SMILES string of the molecule is CC(F)(F)c1cccc(CC(=O)Cc2cc(S(=O)(=O)NC3CC3)ccc2-c2ccsc2)c1. The van der Waals surface area contributed by atoms with E-state index in [-0.39, 0.29) is 35.1 Å². The highest BCUT2D eigenvalue weighted by Gasteiger charge is 2.28. The Kier molecular flexibility index (Phi) is 6.29. The van der Waals surface area contributed by atoms with Crippen LogP contribution in [0.3, 0.4) is 0 Å². The summed E-state index contributed by atoms with van der Waals surface area (Å²) in [6.45, 7) is 0.822. The van der Waals surface area contributed by atoms with E-state index in [0.29, 0.717) is 11.1 Å². The third kappa shape index (κ3) is 5.49. The van der Waals surface area contributed by atoms with Gasteiger partial charge >= 0.3 is 0 Å². The molecule has 8 heteroatoms. The Bertz CT molecular complexity index is 1230. The maximum atomic E-state index is 13.6. The molecule has 1 aliphatic rings. The second kappa shape index (κ2) is 8.84. The van der Waals surface area contributed by atoms with Crippen LogP contribution < -0.4 is 4.72 Å². The normalized spacial score (nSPS) is 14.5. The van der Waals surface area contributed by atoms with Crippen molar-refractivity contribution in [2.75, 3.05) is 0 Å². The molecule has 1 fully saturated rings. The summed E-state index contributed by atoms with van der Waals surface area (Å²) < 4.78 is 55.3. The fourth-order valence-electron chi connectivity index (χ4n) is 3.53. The number of carbonyl (C=O) groups is 1. The summed E-state index contributed by atoms with van der Waals surface area (Å²) in [6.07, 6.45) is 1.65. The topological polar surface area (TPSA) is 63.2 Å². The largest absolute Gasteiger partial charge is 0.299 e. The summed E-state index contributed by atoms with van der Waals surface area (Å²) in [5.41, 5.74) is 2.67. The molecule has 1 aliphatic carbocycles. The van der Waals surface area contributed by atoms with Gasteiger partial charge in [0.2, 0.25) is 10.0 Å². The minimum atomic E-state index is -3.66. The predicted molar refractivity (Wildman–Crippen MR) is 122 cm³/mol. The van der Waals surface area contributed by atoms with Crippen LogP contribution in [-0.2, 0) is 33.6 Å². The van der Waals surface area contributed by atoms with Crippen LogP contribution in [0, 0.1) is 0 Å². The van der Waals surface area contributed by atoms with E-state index in [9.17, 15) is 22.0 Å². The zero-order valence-corrected chi connectivity index (χ0v) is 19.1. The number of sulfonamides is 1. The number of alkyl halides is 2. The van der Waals surface area contributed by atoms with Crippen molar-refractivity contribution in [2.45, 2.75) is 49.5 Å². The Morgan fingerprint density at radius 1 is 1.12 bits per heavy atom. The lowest BCUT2D eigenvalue weighted by atomic mass is 9.95. The van der Waals surface area contributed by atoms with Crippen LogP contribution in [0.5, 0.6) is 0 Å². The van der Waals surface area contributed by atoms with Crippen molar-refractivity contribution in [2.24, 2.45) is 0 Å². The number of benzene rings is 2. The Balaban J connectivity index is 1.61. The first-order chi connectivity index (χ1) is 15.1. The van der Waals surface area contributed by atoms with Crippen molar-refractivity contribution < 1.29 is 22.0 Å². The fraction of sp³-hybridized carbons (Fsp3) is 0.292. The quantitative estimate of drug-likeness (QED) is 0.456. The standard InChI is InChI=1S/C24H23F2NO3S2/c1-24(25,26)19-4-2-3-16(11-19)12-21(28)13-18-14-22(32(29,30)27-20-5-6-20)7-8-23(18)17-9-10-31-15-17/h2-4,7-11,14-15,20,27H,5-6,12-13H2,1H3. The molecule has 1 heterocycles. The van der Waals surface area contributed by atoms with Crippen LogP contribution in [0.15, 0.2) is 64.2 Å². The van der Waals surface area contributed by atoms with E-state index in [0.717, 1.165) is 30.9 Å². The molecule has 4 nitrogen and oxygen atoms in total. The Morgan fingerprint density at radius 3 is 2.56 bits per heavy atom. The van der Waals surface area contributed by atoms with Crippen LogP contribution in [0.1, 0.15) is 36.5 Å². The average Bonchev–Trinajstić information content (AvgIpc) is 3.35. The van der Waals surface area contributed by atoms with Gasteiger partial charge in [-0.05, 0) is 70.1 Å². The van der Waals surface area contributed by atoms with Gasteiger partial charge in [0, 0.05) is 31.4 Å². The first-order valence-electron chi connectivity index (χ1n) is 10.3. The van der Waals surface area contributed by atoms with E-state index in [1.165, 1.54) is 29.5 Å². The molecule has 1 saturated carbocycles. The predicted octanol–water partition coefficient (Wildman–Crippen LogP) is 5.32. The molecule has 0 saturated heterocycles. The lowest BCUT2D eigenvalue weighted by molar-refractivity contribution is -0.117. The molecule has 0 aliphatic heterocycles. The highest BCUT2D eigenvalue weighted by molar-refractivity contribution is 7.89. The zero-order valence-electron chi connectivity index (χ0n) is 17.5. The van der Waals surface area contributed by atoms with E-state index < -0.39 is 15.9 Å². The summed E-state index contributed by atoms with van der Waals surface area (Å²) in [4.78, 5) is 13.0. The molecule has 0 unspecified atom stereocenters. The highest BCUT2D eigenvalue weighted by atomic mass is 32.2. The summed E-state index contributed by atoms with van der Waals surface area (Å²) in [6, 6.07) is 12.6. The minimum absolute atomic E-state index is 0.00468. The van der Waals surface area contributed by atoms with Gasteiger partial charge in [0.25, 0.3) is 5.92 Å². The van der Waals surface area contributed by atoms with Gasteiger partial charge in [-0.25, -0.2) is 21.9 Å². The van der Waals surface area contributed by atoms with Gasteiger partial charge in [-0.15, -0.1) is 0 Å². The zero-order chi connectivity index (χ0) is 22.9. The molecule has 0 spiro atoms. The third-order valence-corrected chi connectivity index (χ3v) is 7.54. The van der Waals surface area contributed by atoms with E-state index >= 15 is 0 Å². The van der Waals surface area contributed by atoms with Crippen molar-refractivity contribution in [3.63, 3.8) is 0 Å². The van der Waals surface area contributed by atoms with Crippen molar-refractivity contribution >= 4 is 27.1 Å². The average molecular weight is 476 g/mol. The molecule has 3 aromatic rings. The van der Waals surface area contributed by atoms with Crippen molar-refractivity contribution in [3.05, 3.63) is 76.0 Å². The van der Waals surface area contributed by atoms with Gasteiger partial charge in [0.15, 0.2) is 0 Å². The summed E-state index contributed by atoms with van der Waals surface area (Å²) in [5, 5.41) is 3.85. The Hall–Kier alpha value is -2.42. The lowest BCUT2D eigenvalue weighted by Crippen LogP contribution is -2.25. The first-order valence-corrected chi connectivity index (χ1v) is 12.7. The molecule has 0 amide bonds. The van der Waals surface area contributed by atoms with Gasteiger partial charge in [0.05, 0.1) is 4.90 Å². The van der Waals surface area contributed by atoms with Gasteiger partial charge in [-0.1, -0.05) is 24.3 Å². The molecule has 0 bridgehead atoms. The monoisotopic (exact) mass is 475 g/mol. The molecular weight excluding hydrogens is 452 g/mol. The second-order valence-corrected chi connectivity index (χ2v) is 10.7. The molecule has 1 aromatic heterocycles. The van der Waals surface area contributed by atoms with Gasteiger partial charge in [-0.3, -0.25) is 4.79 Å². The molecule has 32 heavy (non-hydrogen) atoms. The van der Waals surface area contributed by atoms with Gasteiger partial charge in [-0.2, -0.15) is 11.3 Å². The maximum Gasteiger partial charge on any atom is 0.270 e. The Labute approximate surface area is 190 Å². The van der Waals surface area contributed by atoms with Gasteiger partial charge in [0.1, 0.15) is 5.78 Å². The molecule has 168 valence electrons. The van der Waals surface area contributed by atoms with Crippen LogP contribution in [-0.4, -0.2) is 20.2 Å². The third-order valence-electron chi connectivity index (χ3n) is 5.34. The van der Waals surface area contributed by atoms with Crippen LogP contribution in [0.25, 0.3) is 11.1 Å². The number of Topliss-reactive ketones (excluding diaryl/α,β-unsaturated/α-hetero) is 1. The van der Waals surface area contributed by atoms with Gasteiger partial charge < -0.3 is 0 Å². The second-order valence-electron chi connectivity index (χ2n) is 8.21. The van der Waals surface area contributed by atoms with Crippen LogP contribution in [0.2, 0.25) is 0 Å². The number of nitrogens with one attached hydrogen (secondary N) is 1. The number of ketones is 1. The lowest BCUT2D eigenvalue weighted by Gasteiger charge is -2.13. The minimum Gasteiger partial charge on any atom is -0.299 e.